The minimum atomic E-state index is -2.86. The van der Waals surface area contributed by atoms with Crippen LogP contribution in [0, 0.1) is 13.8 Å². The van der Waals surface area contributed by atoms with E-state index < -0.39 is 12.5 Å². The Labute approximate surface area is 68.0 Å². The highest BCUT2D eigenvalue weighted by Crippen LogP contribution is 2.21. The van der Waals surface area contributed by atoms with Gasteiger partial charge in [-0.05, 0) is 13.8 Å². The molecule has 1 unspecified atom stereocenters. The quantitative estimate of drug-likeness (QED) is 0.746. The summed E-state index contributed by atoms with van der Waals surface area (Å²) in [5.41, 5.74) is 0.518. The summed E-state index contributed by atoms with van der Waals surface area (Å²) in [5.74, 6) is 0.129. The van der Waals surface area contributed by atoms with Gasteiger partial charge in [0.15, 0.2) is 6.10 Å². The Morgan fingerprint density at radius 2 is 2.00 bits per heavy atom. The average Bonchev–Trinajstić information content (AvgIpc) is 2.30. The van der Waals surface area contributed by atoms with Gasteiger partial charge in [-0.3, -0.25) is 0 Å². The third kappa shape index (κ3) is 1.61. The number of oxazole rings is 1. The van der Waals surface area contributed by atoms with Gasteiger partial charge in [-0.25, -0.2) is 13.8 Å². The lowest BCUT2D eigenvalue weighted by molar-refractivity contribution is -0.0210. The number of halogens is 2. The SMILES string of the molecule is Cc1nc(C(O)C(F)F)oc1C. The Bertz CT molecular complexity index is 253. The number of rotatable bonds is 2. The van der Waals surface area contributed by atoms with Crippen LogP contribution in [0.3, 0.4) is 0 Å². The van der Waals surface area contributed by atoms with Gasteiger partial charge in [-0.2, -0.15) is 0 Å². The van der Waals surface area contributed by atoms with Crippen molar-refractivity contribution in [3.8, 4) is 0 Å². The van der Waals surface area contributed by atoms with Crippen molar-refractivity contribution in [3.63, 3.8) is 0 Å². The summed E-state index contributed by atoms with van der Waals surface area (Å²) in [6.07, 6.45) is -4.78. The van der Waals surface area contributed by atoms with Gasteiger partial charge < -0.3 is 9.52 Å². The van der Waals surface area contributed by atoms with Crippen LogP contribution in [0.4, 0.5) is 8.78 Å². The molecule has 3 nitrogen and oxygen atoms in total. The molecule has 0 bridgehead atoms. The van der Waals surface area contributed by atoms with Crippen LogP contribution >= 0.6 is 0 Å². The van der Waals surface area contributed by atoms with Crippen molar-refractivity contribution in [3.05, 3.63) is 17.3 Å². The molecule has 1 heterocycles. The van der Waals surface area contributed by atoms with Crippen molar-refractivity contribution in [1.82, 2.24) is 4.98 Å². The lowest BCUT2D eigenvalue weighted by Crippen LogP contribution is -2.08. The van der Waals surface area contributed by atoms with E-state index in [2.05, 4.69) is 4.98 Å². The molecule has 0 aliphatic rings. The third-order valence-electron chi connectivity index (χ3n) is 1.54. The van der Waals surface area contributed by atoms with Gasteiger partial charge in [0.25, 0.3) is 6.43 Å². The maximum Gasteiger partial charge on any atom is 0.273 e. The minimum Gasteiger partial charge on any atom is -0.443 e. The first kappa shape index (κ1) is 9.12. The topological polar surface area (TPSA) is 46.3 Å². The van der Waals surface area contributed by atoms with Crippen molar-refractivity contribution < 1.29 is 18.3 Å². The monoisotopic (exact) mass is 177 g/mol. The lowest BCUT2D eigenvalue weighted by Gasteiger charge is -2.02. The molecule has 0 aromatic carbocycles. The molecule has 1 rings (SSSR count). The Kier molecular flexibility index (Phi) is 2.42. The van der Waals surface area contributed by atoms with Gasteiger partial charge >= 0.3 is 0 Å². The highest BCUT2D eigenvalue weighted by atomic mass is 19.3. The van der Waals surface area contributed by atoms with E-state index in [1.807, 2.05) is 0 Å². The van der Waals surface area contributed by atoms with E-state index in [1.165, 1.54) is 0 Å². The summed E-state index contributed by atoms with van der Waals surface area (Å²) in [6.45, 7) is 3.23. The van der Waals surface area contributed by atoms with Crippen LogP contribution in [0.15, 0.2) is 4.42 Å². The predicted molar refractivity (Wildman–Crippen MR) is 36.9 cm³/mol. The van der Waals surface area contributed by atoms with Crippen molar-refractivity contribution in [2.75, 3.05) is 0 Å². The average molecular weight is 177 g/mol. The van der Waals surface area contributed by atoms with Crippen molar-refractivity contribution in [2.24, 2.45) is 0 Å². The van der Waals surface area contributed by atoms with Crippen LogP contribution in [0.2, 0.25) is 0 Å². The molecule has 0 fully saturated rings. The van der Waals surface area contributed by atoms with Gasteiger partial charge in [0.1, 0.15) is 5.76 Å². The molecular formula is C7H9F2NO2. The van der Waals surface area contributed by atoms with Gasteiger partial charge in [0, 0.05) is 0 Å². The second-order valence-corrected chi connectivity index (χ2v) is 2.47. The number of hydrogen-bond donors (Lipinski definition) is 1. The molecule has 0 spiro atoms. The van der Waals surface area contributed by atoms with Crippen LogP contribution in [0.1, 0.15) is 23.4 Å². The van der Waals surface area contributed by atoms with Crippen molar-refractivity contribution >= 4 is 0 Å². The summed E-state index contributed by atoms with van der Waals surface area (Å²) in [5, 5.41) is 8.83. The zero-order valence-corrected chi connectivity index (χ0v) is 6.71. The number of aromatic nitrogens is 1. The first-order chi connectivity index (χ1) is 5.52. The van der Waals surface area contributed by atoms with Crippen LogP contribution in [-0.2, 0) is 0 Å². The van der Waals surface area contributed by atoms with Crippen LogP contribution in [-0.4, -0.2) is 16.5 Å². The molecular weight excluding hydrogens is 168 g/mol. The lowest BCUT2D eigenvalue weighted by atomic mass is 10.4. The maximum atomic E-state index is 11.9. The summed E-state index contributed by atoms with van der Waals surface area (Å²) in [4.78, 5) is 3.63. The number of aryl methyl sites for hydroxylation is 2. The number of aliphatic hydroxyl groups excluding tert-OH is 1. The molecule has 0 aliphatic heterocycles. The van der Waals surface area contributed by atoms with Crippen molar-refractivity contribution in [1.29, 1.82) is 0 Å². The smallest absolute Gasteiger partial charge is 0.273 e. The number of nitrogens with zero attached hydrogens (tertiary/aromatic N) is 1. The number of aliphatic hydroxyl groups is 1. The highest BCUT2D eigenvalue weighted by Gasteiger charge is 2.24. The summed E-state index contributed by atoms with van der Waals surface area (Å²) >= 11 is 0. The Morgan fingerprint density at radius 1 is 1.42 bits per heavy atom. The molecule has 12 heavy (non-hydrogen) atoms. The van der Waals surface area contributed by atoms with E-state index in [0.717, 1.165) is 0 Å². The van der Waals surface area contributed by atoms with E-state index in [-0.39, 0.29) is 5.89 Å². The summed E-state index contributed by atoms with van der Waals surface area (Å²) in [6, 6.07) is 0. The standard InChI is InChI=1S/C7H9F2NO2/c1-3-4(2)12-7(10-3)5(11)6(8)9/h5-6,11H,1-2H3. The zero-order valence-electron chi connectivity index (χ0n) is 6.71. The first-order valence-corrected chi connectivity index (χ1v) is 3.42. The molecule has 0 amide bonds. The second-order valence-electron chi connectivity index (χ2n) is 2.47. The highest BCUT2D eigenvalue weighted by molar-refractivity contribution is 5.06. The molecule has 5 heteroatoms. The van der Waals surface area contributed by atoms with E-state index in [4.69, 9.17) is 9.52 Å². The maximum absolute atomic E-state index is 11.9. The van der Waals surface area contributed by atoms with E-state index >= 15 is 0 Å². The second kappa shape index (κ2) is 3.18. The fourth-order valence-corrected chi connectivity index (χ4v) is 0.732. The van der Waals surface area contributed by atoms with Gasteiger partial charge in [-0.1, -0.05) is 0 Å². The Balaban J connectivity index is 2.89. The summed E-state index contributed by atoms with van der Waals surface area (Å²) < 4.78 is 28.6. The molecule has 1 N–H and O–H groups in total. The molecule has 0 saturated carbocycles. The predicted octanol–water partition coefficient (Wildman–Crippen LogP) is 1.59. The van der Waals surface area contributed by atoms with Gasteiger partial charge in [0.2, 0.25) is 5.89 Å². The van der Waals surface area contributed by atoms with Gasteiger partial charge in [-0.15, -0.1) is 0 Å². The minimum absolute atomic E-state index is 0.319. The first-order valence-electron chi connectivity index (χ1n) is 3.42. The van der Waals surface area contributed by atoms with Gasteiger partial charge in [0.05, 0.1) is 5.69 Å². The van der Waals surface area contributed by atoms with E-state index in [1.54, 1.807) is 13.8 Å². The van der Waals surface area contributed by atoms with E-state index in [9.17, 15) is 8.78 Å². The van der Waals surface area contributed by atoms with Crippen LogP contribution in [0.25, 0.3) is 0 Å². The Morgan fingerprint density at radius 3 is 2.33 bits per heavy atom. The molecule has 1 aromatic rings. The number of hydrogen-bond acceptors (Lipinski definition) is 3. The van der Waals surface area contributed by atoms with E-state index in [0.29, 0.717) is 11.5 Å². The largest absolute Gasteiger partial charge is 0.443 e. The third-order valence-corrected chi connectivity index (χ3v) is 1.54. The van der Waals surface area contributed by atoms with Crippen LogP contribution in [0.5, 0.6) is 0 Å². The molecule has 1 aromatic heterocycles. The fourth-order valence-electron chi connectivity index (χ4n) is 0.732. The molecule has 68 valence electrons. The Hall–Kier alpha value is -0.970. The molecule has 0 saturated heterocycles. The zero-order chi connectivity index (χ0) is 9.30. The molecule has 0 aliphatic carbocycles. The normalized spacial score (nSPS) is 13.8. The molecule has 0 radical (unpaired) electrons. The van der Waals surface area contributed by atoms with Crippen LogP contribution < -0.4 is 0 Å². The fraction of sp³-hybridized carbons (Fsp3) is 0.571. The molecule has 1 atom stereocenters. The van der Waals surface area contributed by atoms with Crippen molar-refractivity contribution in [2.45, 2.75) is 26.4 Å². The summed E-state index contributed by atoms with van der Waals surface area (Å²) in [7, 11) is 0. The number of alkyl halides is 2.